The maximum atomic E-state index is 10.8. The third-order valence-electron chi connectivity index (χ3n) is 2.45. The Morgan fingerprint density at radius 3 is 2.20 bits per heavy atom. The number of aliphatic hydroxyl groups is 1. The molecule has 0 radical (unpaired) electrons. The Labute approximate surface area is 117 Å². The number of aromatic hydroxyl groups is 1. The van der Waals surface area contributed by atoms with Crippen molar-refractivity contribution >= 4 is 20.9 Å². The molecule has 0 atom stereocenters. The summed E-state index contributed by atoms with van der Waals surface area (Å²) in [4.78, 5) is -0.152. The molecule has 6 nitrogen and oxygen atoms in total. The van der Waals surface area contributed by atoms with Crippen molar-refractivity contribution < 1.29 is 23.2 Å². The van der Waals surface area contributed by atoms with Crippen LogP contribution < -0.4 is 5.32 Å². The predicted molar refractivity (Wildman–Crippen MR) is 76.4 cm³/mol. The van der Waals surface area contributed by atoms with E-state index in [4.69, 9.17) is 9.66 Å². The normalized spacial score (nSPS) is 10.9. The minimum atomic E-state index is -4.17. The number of hydrogen-bond acceptors (Lipinski definition) is 5. The first-order chi connectivity index (χ1) is 9.38. The van der Waals surface area contributed by atoms with Crippen LogP contribution in [-0.2, 0) is 10.1 Å². The average molecular weight is 299 g/mol. The van der Waals surface area contributed by atoms with Gasteiger partial charge in [-0.3, -0.25) is 4.55 Å². The number of rotatable bonds is 3. The second-order valence-electron chi connectivity index (χ2n) is 4.00. The smallest absolute Gasteiger partial charge is 0.294 e. The lowest BCUT2D eigenvalue weighted by atomic mass is 10.1. The molecule has 0 aliphatic heterocycles. The fourth-order valence-corrected chi connectivity index (χ4v) is 2.00. The van der Waals surface area contributed by atoms with Crippen molar-refractivity contribution in [1.29, 1.82) is 0 Å². The molecule has 7 heteroatoms. The molecule has 0 saturated heterocycles. The fourth-order valence-electron chi connectivity index (χ4n) is 1.48. The zero-order valence-electron chi connectivity index (χ0n) is 10.9. The van der Waals surface area contributed by atoms with E-state index in [0.717, 1.165) is 0 Å². The van der Waals surface area contributed by atoms with Crippen LogP contribution in [0.25, 0.3) is 10.8 Å². The molecule has 0 amide bonds. The summed E-state index contributed by atoms with van der Waals surface area (Å²) in [7, 11) is -2.37. The van der Waals surface area contributed by atoms with Crippen molar-refractivity contribution in [3.8, 4) is 5.75 Å². The first-order valence-electron chi connectivity index (χ1n) is 5.84. The molecule has 0 bridgehead atoms. The molecule has 0 saturated carbocycles. The summed E-state index contributed by atoms with van der Waals surface area (Å²) in [6.45, 7) is 0.927. The highest BCUT2D eigenvalue weighted by Gasteiger charge is 2.09. The molecular formula is C13H17NO5S. The summed E-state index contributed by atoms with van der Waals surface area (Å²) < 4.78 is 30.5. The second-order valence-corrected chi connectivity index (χ2v) is 5.42. The van der Waals surface area contributed by atoms with Gasteiger partial charge in [0.05, 0.1) is 11.5 Å². The van der Waals surface area contributed by atoms with Gasteiger partial charge in [-0.2, -0.15) is 8.42 Å². The minimum Gasteiger partial charge on any atom is -0.508 e. The van der Waals surface area contributed by atoms with E-state index in [2.05, 4.69) is 5.32 Å². The van der Waals surface area contributed by atoms with Crippen LogP contribution in [0.3, 0.4) is 0 Å². The molecule has 0 heterocycles. The van der Waals surface area contributed by atoms with E-state index < -0.39 is 10.1 Å². The first kappa shape index (κ1) is 16.4. The van der Waals surface area contributed by atoms with Gasteiger partial charge in [0.25, 0.3) is 10.1 Å². The molecule has 2 aromatic rings. The highest BCUT2D eigenvalue weighted by Crippen LogP contribution is 2.22. The van der Waals surface area contributed by atoms with Gasteiger partial charge in [0, 0.05) is 6.54 Å². The lowest BCUT2D eigenvalue weighted by molar-refractivity contribution is 0.296. The van der Waals surface area contributed by atoms with Gasteiger partial charge in [-0.05, 0) is 42.1 Å². The van der Waals surface area contributed by atoms with E-state index in [1.54, 1.807) is 13.1 Å². The Morgan fingerprint density at radius 1 is 1.10 bits per heavy atom. The van der Waals surface area contributed by atoms with Crippen molar-refractivity contribution in [1.82, 2.24) is 5.32 Å². The quantitative estimate of drug-likeness (QED) is 0.630. The van der Waals surface area contributed by atoms with E-state index >= 15 is 0 Å². The maximum Gasteiger partial charge on any atom is 0.294 e. The topological polar surface area (TPSA) is 107 Å². The zero-order chi connectivity index (χ0) is 15.2. The van der Waals surface area contributed by atoms with Crippen molar-refractivity contribution in [2.24, 2.45) is 0 Å². The van der Waals surface area contributed by atoms with Gasteiger partial charge in [0.1, 0.15) is 5.75 Å². The van der Waals surface area contributed by atoms with Crippen LogP contribution in [0.1, 0.15) is 0 Å². The number of benzene rings is 2. The monoisotopic (exact) mass is 299 g/mol. The van der Waals surface area contributed by atoms with E-state index in [1.807, 2.05) is 0 Å². The van der Waals surface area contributed by atoms with Crippen LogP contribution >= 0.6 is 0 Å². The van der Waals surface area contributed by atoms with Gasteiger partial charge in [0.2, 0.25) is 0 Å². The molecule has 2 aromatic carbocycles. The highest BCUT2D eigenvalue weighted by atomic mass is 32.2. The van der Waals surface area contributed by atoms with Gasteiger partial charge < -0.3 is 15.5 Å². The van der Waals surface area contributed by atoms with Gasteiger partial charge in [-0.25, -0.2) is 0 Å². The second kappa shape index (κ2) is 7.20. The predicted octanol–water partition coefficient (Wildman–Crippen LogP) is 0.990. The molecule has 2 rings (SSSR count). The summed E-state index contributed by atoms with van der Waals surface area (Å²) in [6.07, 6.45) is 0. The molecule has 0 unspecified atom stereocenters. The van der Waals surface area contributed by atoms with Crippen molar-refractivity contribution in [3.63, 3.8) is 0 Å². The average Bonchev–Trinajstić information content (AvgIpc) is 2.38. The van der Waals surface area contributed by atoms with Crippen molar-refractivity contribution in [3.05, 3.63) is 36.4 Å². The number of phenols is 1. The highest BCUT2D eigenvalue weighted by molar-refractivity contribution is 7.85. The summed E-state index contributed by atoms with van der Waals surface area (Å²) >= 11 is 0. The third-order valence-corrected chi connectivity index (χ3v) is 3.30. The van der Waals surface area contributed by atoms with Crippen LogP contribution in [0.15, 0.2) is 41.3 Å². The molecule has 0 spiro atoms. The lowest BCUT2D eigenvalue weighted by Gasteiger charge is -2.01. The van der Waals surface area contributed by atoms with Crippen LogP contribution in [0, 0.1) is 0 Å². The van der Waals surface area contributed by atoms with Crippen LogP contribution in [0.4, 0.5) is 0 Å². The Morgan fingerprint density at radius 2 is 1.70 bits per heavy atom. The molecule has 0 aliphatic carbocycles. The van der Waals surface area contributed by atoms with Crippen molar-refractivity contribution in [2.45, 2.75) is 4.90 Å². The Balaban J connectivity index is 0.000000347. The molecule has 0 aromatic heterocycles. The Hall–Kier alpha value is -1.67. The number of nitrogens with one attached hydrogen (secondary N) is 1. The Bertz CT molecular complexity index is 668. The minimum absolute atomic E-state index is 0.113. The Kier molecular flexibility index (Phi) is 5.90. The van der Waals surface area contributed by atoms with E-state index in [1.165, 1.54) is 30.3 Å². The molecular weight excluding hydrogens is 282 g/mol. The van der Waals surface area contributed by atoms with Gasteiger partial charge in [-0.15, -0.1) is 0 Å². The van der Waals surface area contributed by atoms with E-state index in [9.17, 15) is 13.5 Å². The van der Waals surface area contributed by atoms with Crippen LogP contribution in [0.5, 0.6) is 5.75 Å². The molecule has 20 heavy (non-hydrogen) atoms. The number of likely N-dealkylation sites (N-methyl/N-ethyl adjacent to an activating group) is 1. The summed E-state index contributed by atoms with van der Waals surface area (Å²) in [5, 5.41) is 21.3. The largest absolute Gasteiger partial charge is 0.508 e. The van der Waals surface area contributed by atoms with Gasteiger partial charge in [0.15, 0.2) is 0 Å². The SMILES string of the molecule is CNCCO.O=S(=O)(O)c1ccc2cc(O)ccc2c1. The standard InChI is InChI=1S/C10H8O4S.C3H9NO/c11-9-3-1-8-6-10(15(12,13)14)4-2-7(8)5-9;1-4-2-3-5/h1-6,11H,(H,12,13,14);4-5H,2-3H2,1H3. The van der Waals surface area contributed by atoms with Gasteiger partial charge in [-0.1, -0.05) is 12.1 Å². The molecule has 110 valence electrons. The van der Waals surface area contributed by atoms with Crippen LogP contribution in [-0.4, -0.2) is 43.4 Å². The summed E-state index contributed by atoms with van der Waals surface area (Å²) in [5.41, 5.74) is 0. The molecule has 0 aliphatic rings. The van der Waals surface area contributed by atoms with E-state index in [-0.39, 0.29) is 17.3 Å². The number of hydrogen-bond donors (Lipinski definition) is 4. The first-order valence-corrected chi connectivity index (χ1v) is 7.28. The summed E-state index contributed by atoms with van der Waals surface area (Å²) in [5.74, 6) is 0.113. The fraction of sp³-hybridized carbons (Fsp3) is 0.231. The summed E-state index contributed by atoms with van der Waals surface area (Å²) in [6, 6.07) is 8.72. The number of fused-ring (bicyclic) bond motifs is 1. The number of aliphatic hydroxyl groups excluding tert-OH is 1. The maximum absolute atomic E-state index is 10.8. The van der Waals surface area contributed by atoms with E-state index in [0.29, 0.717) is 17.3 Å². The zero-order valence-corrected chi connectivity index (χ0v) is 11.8. The molecule has 0 fully saturated rings. The lowest BCUT2D eigenvalue weighted by Crippen LogP contribution is -2.10. The van der Waals surface area contributed by atoms with Crippen LogP contribution in [0.2, 0.25) is 0 Å². The third kappa shape index (κ3) is 4.78. The number of phenolic OH excluding ortho intramolecular Hbond substituents is 1. The van der Waals surface area contributed by atoms with Gasteiger partial charge >= 0.3 is 0 Å². The van der Waals surface area contributed by atoms with Crippen molar-refractivity contribution in [2.75, 3.05) is 20.2 Å². The molecule has 4 N–H and O–H groups in total.